The Labute approximate surface area is 243 Å². The maximum Gasteiger partial charge on any atom is 0.0412 e. The summed E-state index contributed by atoms with van der Waals surface area (Å²) in [7, 11) is 3.31. The van der Waals surface area contributed by atoms with Crippen LogP contribution in [0.5, 0.6) is 0 Å². The number of hydrogen-bond donors (Lipinski definition) is 0. The van der Waals surface area contributed by atoms with Gasteiger partial charge < -0.3 is 0 Å². The first-order valence-corrected chi connectivity index (χ1v) is 16.8. The van der Waals surface area contributed by atoms with Gasteiger partial charge in [-0.25, -0.2) is 0 Å². The summed E-state index contributed by atoms with van der Waals surface area (Å²) in [5.74, 6) is 0.417. The molecule has 3 rings (SSSR count). The number of rotatable bonds is 21. The van der Waals surface area contributed by atoms with Crippen LogP contribution in [0.1, 0.15) is 139 Å². The molecule has 0 aliphatic heterocycles. The van der Waals surface area contributed by atoms with Gasteiger partial charge in [0.2, 0.25) is 0 Å². The van der Waals surface area contributed by atoms with Crippen LogP contribution in [0, 0.1) is 0 Å². The van der Waals surface area contributed by atoms with E-state index < -0.39 is 0 Å². The van der Waals surface area contributed by atoms with Gasteiger partial charge in [-0.05, 0) is 23.1 Å². The van der Waals surface area contributed by atoms with E-state index in [2.05, 4.69) is 107 Å². The van der Waals surface area contributed by atoms with Crippen LogP contribution in [-0.4, -0.2) is 0 Å². The Balaban J connectivity index is 1.43. The molecular weight excluding hydrogens is 487 g/mol. The molecular formula is C38H55P. The lowest BCUT2D eigenvalue weighted by atomic mass is 9.74. The van der Waals surface area contributed by atoms with Crippen molar-refractivity contribution in [3.05, 3.63) is 108 Å². The Morgan fingerprint density at radius 1 is 0.462 bits per heavy atom. The molecule has 2 unspecified atom stereocenters. The Kier molecular flexibility index (Phi) is 15.6. The van der Waals surface area contributed by atoms with Crippen molar-refractivity contribution in [1.82, 2.24) is 0 Å². The van der Waals surface area contributed by atoms with Crippen molar-refractivity contribution in [2.45, 2.75) is 127 Å². The molecule has 2 atom stereocenters. The van der Waals surface area contributed by atoms with Crippen molar-refractivity contribution < 1.29 is 0 Å². The van der Waals surface area contributed by atoms with Crippen molar-refractivity contribution in [3.8, 4) is 0 Å². The molecule has 0 saturated carbocycles. The highest BCUT2D eigenvalue weighted by atomic mass is 31.0. The van der Waals surface area contributed by atoms with Crippen molar-refractivity contribution >= 4 is 9.24 Å². The van der Waals surface area contributed by atoms with Crippen LogP contribution in [0.15, 0.2) is 91.0 Å². The SMILES string of the molecule is CCCCCCCCCCCCCCCCCCC(c1ccccc1)C(P)(c1ccccc1)c1ccccc1. The minimum absolute atomic E-state index is 0.140. The standard InChI is InChI=1S/C38H55P/c1-2-3-4-5-6-7-8-9-10-11-12-13-14-15-16-26-33-37(34-27-20-17-21-28-34)38(39,35-29-22-18-23-30-35)36-31-24-19-25-32-36/h17-25,27-32,37H,2-16,26,33,39H2,1H3. The molecule has 3 aromatic carbocycles. The summed E-state index contributed by atoms with van der Waals surface area (Å²) in [6, 6.07) is 33.5. The maximum atomic E-state index is 3.31. The van der Waals surface area contributed by atoms with Crippen molar-refractivity contribution in [2.75, 3.05) is 0 Å². The smallest absolute Gasteiger partial charge is 0.0412 e. The average molecular weight is 543 g/mol. The summed E-state index contributed by atoms with van der Waals surface area (Å²) < 4.78 is 0. The van der Waals surface area contributed by atoms with Crippen molar-refractivity contribution in [3.63, 3.8) is 0 Å². The largest absolute Gasteiger partial charge is 0.121 e. The molecule has 0 aliphatic carbocycles. The first-order valence-electron chi connectivity index (χ1n) is 16.2. The molecule has 0 aromatic heterocycles. The highest BCUT2D eigenvalue weighted by Crippen LogP contribution is 2.52. The fourth-order valence-electron chi connectivity index (χ4n) is 6.24. The van der Waals surface area contributed by atoms with Gasteiger partial charge in [0, 0.05) is 11.1 Å². The zero-order valence-electron chi connectivity index (χ0n) is 24.8. The Morgan fingerprint density at radius 2 is 0.795 bits per heavy atom. The number of hydrogen-bond acceptors (Lipinski definition) is 0. The Morgan fingerprint density at radius 3 is 1.18 bits per heavy atom. The lowest BCUT2D eigenvalue weighted by molar-refractivity contribution is 0.476. The van der Waals surface area contributed by atoms with E-state index in [-0.39, 0.29) is 5.16 Å². The van der Waals surface area contributed by atoms with Gasteiger partial charge in [-0.3, -0.25) is 0 Å². The van der Waals surface area contributed by atoms with Gasteiger partial charge in [-0.1, -0.05) is 201 Å². The summed E-state index contributed by atoms with van der Waals surface area (Å²) in [6.45, 7) is 2.30. The molecule has 0 radical (unpaired) electrons. The van der Waals surface area contributed by atoms with Crippen molar-refractivity contribution in [2.24, 2.45) is 0 Å². The van der Waals surface area contributed by atoms with Gasteiger partial charge >= 0.3 is 0 Å². The minimum Gasteiger partial charge on any atom is -0.121 e. The van der Waals surface area contributed by atoms with E-state index in [9.17, 15) is 0 Å². The zero-order chi connectivity index (χ0) is 27.4. The van der Waals surface area contributed by atoms with E-state index in [1.165, 1.54) is 126 Å². The van der Waals surface area contributed by atoms with E-state index in [1.807, 2.05) is 0 Å². The Bertz CT molecular complexity index is 926. The van der Waals surface area contributed by atoms with Crippen molar-refractivity contribution in [1.29, 1.82) is 0 Å². The van der Waals surface area contributed by atoms with Crippen LogP contribution >= 0.6 is 9.24 Å². The second-order valence-corrected chi connectivity index (χ2v) is 12.6. The second kappa shape index (κ2) is 19.2. The van der Waals surface area contributed by atoms with E-state index in [4.69, 9.17) is 0 Å². The van der Waals surface area contributed by atoms with Crippen LogP contribution in [0.3, 0.4) is 0 Å². The van der Waals surface area contributed by atoms with Crippen LogP contribution < -0.4 is 0 Å². The number of benzene rings is 3. The summed E-state index contributed by atoms with van der Waals surface area (Å²) in [4.78, 5) is 0. The van der Waals surface area contributed by atoms with Crippen LogP contribution in [-0.2, 0) is 5.16 Å². The highest BCUT2D eigenvalue weighted by molar-refractivity contribution is 7.19. The number of unbranched alkanes of at least 4 members (excludes halogenated alkanes) is 15. The summed E-state index contributed by atoms with van der Waals surface area (Å²) in [5, 5.41) is -0.140. The molecule has 39 heavy (non-hydrogen) atoms. The van der Waals surface area contributed by atoms with E-state index >= 15 is 0 Å². The van der Waals surface area contributed by atoms with Gasteiger partial charge in [0.25, 0.3) is 0 Å². The predicted molar refractivity (Wildman–Crippen MR) is 177 cm³/mol. The first kappa shape index (κ1) is 31.6. The first-order chi connectivity index (χ1) is 19.3. The fourth-order valence-corrected chi connectivity index (χ4v) is 6.98. The third-order valence-corrected chi connectivity index (χ3v) is 9.67. The van der Waals surface area contributed by atoms with E-state index in [0.717, 1.165) is 0 Å². The van der Waals surface area contributed by atoms with Gasteiger partial charge in [-0.15, -0.1) is 9.24 Å². The minimum atomic E-state index is -0.140. The predicted octanol–water partition coefficient (Wildman–Crippen LogP) is 12.2. The Hall–Kier alpha value is -1.91. The molecule has 0 heterocycles. The van der Waals surface area contributed by atoms with Gasteiger partial charge in [0.1, 0.15) is 0 Å². The highest BCUT2D eigenvalue weighted by Gasteiger charge is 2.38. The molecule has 0 N–H and O–H groups in total. The summed E-state index contributed by atoms with van der Waals surface area (Å²) in [5.41, 5.74) is 4.21. The van der Waals surface area contributed by atoms with E-state index in [1.54, 1.807) is 0 Å². The maximum absolute atomic E-state index is 3.31. The van der Waals surface area contributed by atoms with Gasteiger partial charge in [0.15, 0.2) is 0 Å². The average Bonchev–Trinajstić information content (AvgIpc) is 3.00. The lowest BCUT2D eigenvalue weighted by Crippen LogP contribution is -2.29. The van der Waals surface area contributed by atoms with Gasteiger partial charge in [0.05, 0.1) is 0 Å². The summed E-state index contributed by atoms with van der Waals surface area (Å²) >= 11 is 0. The summed E-state index contributed by atoms with van der Waals surface area (Å²) in [6.07, 6.45) is 23.8. The van der Waals surface area contributed by atoms with Crippen LogP contribution in [0.25, 0.3) is 0 Å². The molecule has 212 valence electrons. The topological polar surface area (TPSA) is 0 Å². The lowest BCUT2D eigenvalue weighted by Gasteiger charge is -2.39. The molecule has 0 nitrogen and oxygen atoms in total. The molecule has 1 heteroatoms. The third-order valence-electron chi connectivity index (χ3n) is 8.60. The molecule has 3 aromatic rings. The monoisotopic (exact) mass is 542 g/mol. The molecule has 0 bridgehead atoms. The van der Waals surface area contributed by atoms with Crippen LogP contribution in [0.4, 0.5) is 0 Å². The molecule has 0 amide bonds. The third kappa shape index (κ3) is 10.9. The molecule has 0 saturated heterocycles. The zero-order valence-corrected chi connectivity index (χ0v) is 26.0. The molecule has 0 fully saturated rings. The van der Waals surface area contributed by atoms with Crippen LogP contribution in [0.2, 0.25) is 0 Å². The van der Waals surface area contributed by atoms with E-state index in [0.29, 0.717) is 5.92 Å². The normalized spacial score (nSPS) is 12.5. The molecule has 0 spiro atoms. The fraction of sp³-hybridized carbons (Fsp3) is 0.526. The quantitative estimate of drug-likeness (QED) is 0.0927. The molecule has 0 aliphatic rings. The second-order valence-electron chi connectivity index (χ2n) is 11.7. The van der Waals surface area contributed by atoms with Gasteiger partial charge in [-0.2, -0.15) is 0 Å².